The molecule has 0 aromatic heterocycles. The predicted octanol–water partition coefficient (Wildman–Crippen LogP) is 1.34. The predicted molar refractivity (Wildman–Crippen MR) is 80.5 cm³/mol. The first-order chi connectivity index (χ1) is 8.29. The molecule has 0 saturated heterocycles. The van der Waals surface area contributed by atoms with Gasteiger partial charge in [-0.2, -0.15) is 0 Å². The van der Waals surface area contributed by atoms with E-state index in [1.165, 1.54) is 0 Å². The minimum absolute atomic E-state index is 0.0700. The number of thiocarbonyl (C=S) groups is 1. The van der Waals surface area contributed by atoms with E-state index in [1.807, 2.05) is 25.9 Å². The first kappa shape index (κ1) is 17.3. The van der Waals surface area contributed by atoms with Gasteiger partial charge in [-0.25, -0.2) is 0 Å². The fraction of sp³-hybridized carbons (Fsp3) is 0.846. The highest BCUT2D eigenvalue weighted by molar-refractivity contribution is 7.80. The first-order valence-electron chi connectivity index (χ1n) is 6.52. The van der Waals surface area contributed by atoms with Gasteiger partial charge in [0.05, 0.1) is 10.9 Å². The van der Waals surface area contributed by atoms with Crippen LogP contribution in [0.25, 0.3) is 0 Å². The molecule has 0 aromatic carbocycles. The van der Waals surface area contributed by atoms with Gasteiger partial charge in [0.1, 0.15) is 0 Å². The third-order valence-corrected chi connectivity index (χ3v) is 3.05. The van der Waals surface area contributed by atoms with Crippen LogP contribution < -0.4 is 5.73 Å². The maximum Gasteiger partial charge on any atom is 0.232 e. The van der Waals surface area contributed by atoms with Crippen molar-refractivity contribution >= 4 is 23.1 Å². The molecule has 18 heavy (non-hydrogen) atoms. The normalized spacial score (nSPS) is 12.8. The van der Waals surface area contributed by atoms with Crippen molar-refractivity contribution in [1.29, 1.82) is 0 Å². The summed E-state index contributed by atoms with van der Waals surface area (Å²) in [7, 11) is 4.01. The summed E-state index contributed by atoms with van der Waals surface area (Å²) >= 11 is 4.98. The van der Waals surface area contributed by atoms with Gasteiger partial charge in [0.25, 0.3) is 0 Å². The van der Waals surface area contributed by atoms with Crippen LogP contribution in [-0.4, -0.2) is 54.4 Å². The average molecular weight is 273 g/mol. The molecule has 1 amide bonds. The molecule has 0 fully saturated rings. The Morgan fingerprint density at radius 3 is 2.17 bits per heavy atom. The summed E-state index contributed by atoms with van der Waals surface area (Å²) in [5.41, 5.74) is 5.65. The highest BCUT2D eigenvalue weighted by atomic mass is 32.1. The van der Waals surface area contributed by atoms with Crippen LogP contribution >= 0.6 is 12.2 Å². The van der Waals surface area contributed by atoms with Crippen molar-refractivity contribution in [2.24, 2.45) is 17.6 Å². The molecule has 0 bridgehead atoms. The number of amides is 1. The van der Waals surface area contributed by atoms with Crippen LogP contribution in [0.4, 0.5) is 0 Å². The minimum Gasteiger partial charge on any atom is -0.393 e. The lowest BCUT2D eigenvalue weighted by atomic mass is 10.0. The highest BCUT2D eigenvalue weighted by Gasteiger charge is 2.25. The number of hydrogen-bond donors (Lipinski definition) is 1. The summed E-state index contributed by atoms with van der Waals surface area (Å²) in [6, 6.07) is 0. The molecule has 2 N–H and O–H groups in total. The summed E-state index contributed by atoms with van der Waals surface area (Å²) in [6.07, 6.45) is 0.671. The van der Waals surface area contributed by atoms with Crippen LogP contribution in [0.5, 0.6) is 0 Å². The second kappa shape index (κ2) is 8.43. The Hall–Kier alpha value is -0.680. The molecule has 0 radical (unpaired) electrons. The van der Waals surface area contributed by atoms with Gasteiger partial charge >= 0.3 is 0 Å². The van der Waals surface area contributed by atoms with Gasteiger partial charge in [0, 0.05) is 19.6 Å². The van der Waals surface area contributed by atoms with Gasteiger partial charge in [0.2, 0.25) is 5.91 Å². The van der Waals surface area contributed by atoms with Crippen LogP contribution in [0.3, 0.4) is 0 Å². The summed E-state index contributed by atoms with van der Waals surface area (Å²) in [4.78, 5) is 16.7. The molecule has 1 unspecified atom stereocenters. The second-order valence-corrected chi connectivity index (χ2v) is 5.82. The number of likely N-dealkylation sites (N-methyl/N-ethyl adjacent to an activating group) is 1. The van der Waals surface area contributed by atoms with E-state index in [2.05, 4.69) is 18.7 Å². The van der Waals surface area contributed by atoms with Crippen molar-refractivity contribution < 1.29 is 4.79 Å². The van der Waals surface area contributed by atoms with E-state index >= 15 is 0 Å². The SMILES string of the molecule is CCC(C(=O)N(CCN(C)C)CC(C)C)C(N)=S. The lowest BCUT2D eigenvalue weighted by Gasteiger charge is -2.29. The summed E-state index contributed by atoms with van der Waals surface area (Å²) in [6.45, 7) is 8.50. The van der Waals surface area contributed by atoms with Crippen molar-refractivity contribution in [2.75, 3.05) is 33.7 Å². The largest absolute Gasteiger partial charge is 0.393 e. The molecule has 4 nitrogen and oxygen atoms in total. The molecule has 0 aliphatic heterocycles. The number of hydrogen-bond acceptors (Lipinski definition) is 3. The number of rotatable bonds is 8. The Morgan fingerprint density at radius 2 is 1.83 bits per heavy atom. The minimum atomic E-state index is -0.319. The van der Waals surface area contributed by atoms with Crippen LogP contribution in [-0.2, 0) is 4.79 Å². The number of nitrogens with zero attached hydrogens (tertiary/aromatic N) is 2. The van der Waals surface area contributed by atoms with Crippen molar-refractivity contribution in [2.45, 2.75) is 27.2 Å². The number of carbonyl (C=O) groups excluding carboxylic acids is 1. The fourth-order valence-electron chi connectivity index (χ4n) is 1.77. The topological polar surface area (TPSA) is 49.6 Å². The third-order valence-electron chi connectivity index (χ3n) is 2.76. The molecular formula is C13H27N3OS. The van der Waals surface area contributed by atoms with Gasteiger partial charge in [-0.15, -0.1) is 0 Å². The van der Waals surface area contributed by atoms with Gasteiger partial charge < -0.3 is 15.5 Å². The third kappa shape index (κ3) is 6.31. The quantitative estimate of drug-likeness (QED) is 0.678. The van der Waals surface area contributed by atoms with E-state index < -0.39 is 0 Å². The van der Waals surface area contributed by atoms with Gasteiger partial charge in [-0.1, -0.05) is 33.0 Å². The molecule has 0 aliphatic rings. The van der Waals surface area contributed by atoms with Crippen LogP contribution in [0.15, 0.2) is 0 Å². The molecule has 0 aromatic rings. The Labute approximate surface area is 116 Å². The zero-order chi connectivity index (χ0) is 14.3. The van der Waals surface area contributed by atoms with E-state index in [0.29, 0.717) is 17.3 Å². The van der Waals surface area contributed by atoms with Crippen molar-refractivity contribution in [3.63, 3.8) is 0 Å². The molecule has 106 valence electrons. The lowest BCUT2D eigenvalue weighted by molar-refractivity contribution is -0.134. The maximum atomic E-state index is 12.4. The second-order valence-electron chi connectivity index (χ2n) is 5.34. The van der Waals surface area contributed by atoms with E-state index in [9.17, 15) is 4.79 Å². The van der Waals surface area contributed by atoms with Crippen molar-refractivity contribution in [3.05, 3.63) is 0 Å². The van der Waals surface area contributed by atoms with Gasteiger partial charge in [-0.05, 0) is 26.4 Å². The van der Waals surface area contributed by atoms with E-state index in [-0.39, 0.29) is 11.8 Å². The van der Waals surface area contributed by atoms with E-state index in [1.54, 1.807) is 0 Å². The van der Waals surface area contributed by atoms with Crippen LogP contribution in [0, 0.1) is 11.8 Å². The maximum absolute atomic E-state index is 12.4. The molecule has 0 spiro atoms. The molecular weight excluding hydrogens is 246 g/mol. The molecule has 0 aliphatic carbocycles. The summed E-state index contributed by atoms with van der Waals surface area (Å²) in [5.74, 6) is 0.196. The molecule has 0 rings (SSSR count). The van der Waals surface area contributed by atoms with E-state index in [0.717, 1.165) is 19.6 Å². The summed E-state index contributed by atoms with van der Waals surface area (Å²) < 4.78 is 0. The zero-order valence-corrected chi connectivity index (χ0v) is 13.1. The smallest absolute Gasteiger partial charge is 0.232 e. The Bertz CT molecular complexity index is 279. The Balaban J connectivity index is 4.71. The van der Waals surface area contributed by atoms with Crippen molar-refractivity contribution in [3.8, 4) is 0 Å². The Kier molecular flexibility index (Phi) is 8.11. The summed E-state index contributed by atoms with van der Waals surface area (Å²) in [5, 5.41) is 0. The van der Waals surface area contributed by atoms with Crippen molar-refractivity contribution in [1.82, 2.24) is 9.80 Å². The monoisotopic (exact) mass is 273 g/mol. The average Bonchev–Trinajstić information content (AvgIpc) is 2.23. The Morgan fingerprint density at radius 1 is 1.28 bits per heavy atom. The standard InChI is InChI=1S/C13H27N3OS/c1-6-11(12(14)18)13(17)16(9-10(2)3)8-7-15(4)5/h10-11H,6-9H2,1-5H3,(H2,14,18). The fourth-order valence-corrected chi connectivity index (χ4v) is 2.04. The highest BCUT2D eigenvalue weighted by Crippen LogP contribution is 2.10. The lowest BCUT2D eigenvalue weighted by Crippen LogP contribution is -2.45. The van der Waals surface area contributed by atoms with Gasteiger partial charge in [0.15, 0.2) is 0 Å². The zero-order valence-electron chi connectivity index (χ0n) is 12.3. The first-order valence-corrected chi connectivity index (χ1v) is 6.93. The number of nitrogens with two attached hydrogens (primary N) is 1. The van der Waals surface area contributed by atoms with Crippen LogP contribution in [0.1, 0.15) is 27.2 Å². The van der Waals surface area contributed by atoms with Crippen LogP contribution in [0.2, 0.25) is 0 Å². The molecule has 5 heteroatoms. The van der Waals surface area contributed by atoms with E-state index in [4.69, 9.17) is 18.0 Å². The van der Waals surface area contributed by atoms with Gasteiger partial charge in [-0.3, -0.25) is 4.79 Å². The number of carbonyl (C=O) groups is 1. The molecule has 1 atom stereocenters. The molecule has 0 saturated carbocycles. The molecule has 0 heterocycles.